The van der Waals surface area contributed by atoms with Gasteiger partial charge in [0.15, 0.2) is 0 Å². The maximum atomic E-state index is 9.18. The van der Waals surface area contributed by atoms with Gasteiger partial charge in [0.25, 0.3) is 0 Å². The summed E-state index contributed by atoms with van der Waals surface area (Å²) in [4.78, 5) is 8.64. The predicted molar refractivity (Wildman–Crippen MR) is 257 cm³/mol. The summed E-state index contributed by atoms with van der Waals surface area (Å²) in [5, 5.41) is 1.85. The summed E-state index contributed by atoms with van der Waals surface area (Å²) in [5.74, 6) is 1.27. The van der Waals surface area contributed by atoms with E-state index in [1.54, 1.807) is 6.07 Å². The van der Waals surface area contributed by atoms with Crippen molar-refractivity contribution in [2.45, 2.75) is 59.2 Å². The van der Waals surface area contributed by atoms with Crippen molar-refractivity contribution in [3.63, 3.8) is 0 Å². The average Bonchev–Trinajstić information content (AvgIpc) is 3.88. The number of nitrogens with zero attached hydrogens (tertiary/aromatic N) is 4. The molecular weight excluding hydrogens is 952 g/mol. The molecule has 0 saturated carbocycles. The van der Waals surface area contributed by atoms with Crippen LogP contribution in [0.15, 0.2) is 164 Å². The van der Waals surface area contributed by atoms with Gasteiger partial charge in [0, 0.05) is 76.6 Å². The van der Waals surface area contributed by atoms with Crippen LogP contribution in [-0.2, 0) is 31.9 Å². The summed E-state index contributed by atoms with van der Waals surface area (Å²) in [7, 11) is 0. The molecule has 3 heterocycles. The minimum Gasteiger partial charge on any atom is -0.509 e. The first-order chi connectivity index (χ1) is 33.2. The third kappa shape index (κ3) is 7.85. The molecule has 316 valence electrons. The predicted octanol–water partition coefficient (Wildman–Crippen LogP) is 15.2. The number of para-hydroxylation sites is 4. The van der Waals surface area contributed by atoms with E-state index in [2.05, 4.69) is 76.9 Å². The van der Waals surface area contributed by atoms with Crippen molar-refractivity contribution >= 4 is 44.6 Å². The van der Waals surface area contributed by atoms with E-state index in [1.165, 1.54) is 12.3 Å². The van der Waals surface area contributed by atoms with Gasteiger partial charge in [0.1, 0.15) is 5.82 Å². The third-order valence-electron chi connectivity index (χ3n) is 11.4. The Balaban J connectivity index is 0.00000624. The topological polar surface area (TPSA) is 33.5 Å². The van der Waals surface area contributed by atoms with Crippen LogP contribution in [0.1, 0.15) is 69.2 Å². The molecule has 9 aromatic rings. The van der Waals surface area contributed by atoms with Gasteiger partial charge in [-0.3, -0.25) is 0 Å². The van der Waals surface area contributed by atoms with Crippen LogP contribution in [0.3, 0.4) is 0 Å². The van der Waals surface area contributed by atoms with Crippen LogP contribution in [0.5, 0.6) is 11.5 Å². The molecule has 1 aliphatic heterocycles. The van der Waals surface area contributed by atoms with Crippen molar-refractivity contribution in [3.8, 4) is 39.6 Å². The molecule has 10 rings (SSSR count). The van der Waals surface area contributed by atoms with E-state index in [0.29, 0.717) is 39.8 Å². The van der Waals surface area contributed by atoms with Gasteiger partial charge in [0.2, 0.25) is 0 Å². The van der Waals surface area contributed by atoms with E-state index in [4.69, 9.17) is 13.0 Å². The van der Waals surface area contributed by atoms with Crippen LogP contribution in [0.2, 0.25) is 0 Å². The Morgan fingerprint density at radius 2 is 1.30 bits per heavy atom. The molecule has 5 nitrogen and oxygen atoms in total. The van der Waals surface area contributed by atoms with E-state index in [-0.39, 0.29) is 55.1 Å². The molecule has 6 heteroatoms. The summed E-state index contributed by atoms with van der Waals surface area (Å²) in [6.07, 6.45) is 1.51. The van der Waals surface area contributed by atoms with Gasteiger partial charge < -0.3 is 19.1 Å². The first kappa shape index (κ1) is 33.2. The first-order valence-electron chi connectivity index (χ1n) is 24.7. The zero-order valence-corrected chi connectivity index (χ0v) is 38.1. The Kier molecular flexibility index (Phi) is 8.62. The van der Waals surface area contributed by atoms with Gasteiger partial charge >= 0.3 is 0 Å². The molecule has 0 saturated heterocycles. The van der Waals surface area contributed by atoms with Gasteiger partial charge in [-0.2, -0.15) is 12.1 Å². The number of aromatic nitrogens is 2. The standard InChI is InChI=1S/C57H49N4O.Pt/c1-38-29-30-58-54(31-38)61-50-24-12-11-21-48(50)49-28-27-45(36-53(49)61)62-44-20-15-19-43(35-44)59-37-60(52-26-14-13-25-51(52)59)55-46(39-17-9-8-10-18-39)22-16-23-47(55)40-32-41(56(2,3)4)34-42(33-40)57(5,6)7;/h8-34,37H,1-7H3;/q-3;/i1D3,8D,9D,10D,17D,18D;. The number of aryl methyl sites for hydroxylation is 1. The van der Waals surface area contributed by atoms with Gasteiger partial charge in [0.05, 0.1) is 6.85 Å². The molecule has 7 aromatic carbocycles. The monoisotopic (exact) mass is 1010 g/mol. The SMILES string of the molecule is [2H]c1c([2H])c([2H])c(-c2cccc(-c3cc(C(C)(C)C)cc(C(C)(C)C)c3)c2N2[CH-]N(c3[c-]c(Oc4[c-]c5c(cc4)c4ccccc4n5-c4cc(C([2H])([2H])[2H])ccn4)ccc3)c3ccccc32)c([2H])c1[2H].[Pt]. The summed E-state index contributed by atoms with van der Waals surface area (Å²) >= 11 is 0. The Morgan fingerprint density at radius 1 is 0.635 bits per heavy atom. The van der Waals surface area contributed by atoms with E-state index in [0.717, 1.165) is 49.9 Å². The van der Waals surface area contributed by atoms with E-state index < -0.39 is 25.0 Å². The Labute approximate surface area is 397 Å². The van der Waals surface area contributed by atoms with Crippen LogP contribution in [0.4, 0.5) is 22.7 Å². The van der Waals surface area contributed by atoms with Crippen molar-refractivity contribution in [1.29, 1.82) is 0 Å². The minimum atomic E-state index is -2.32. The van der Waals surface area contributed by atoms with Crippen LogP contribution >= 0.6 is 0 Å². The molecule has 0 aliphatic carbocycles. The van der Waals surface area contributed by atoms with Crippen LogP contribution in [0.25, 0.3) is 49.9 Å². The quantitative estimate of drug-likeness (QED) is 0.149. The molecule has 0 radical (unpaired) electrons. The smallest absolute Gasteiger partial charge is 0.135 e. The Morgan fingerprint density at radius 3 is 2.03 bits per heavy atom. The van der Waals surface area contributed by atoms with Crippen LogP contribution in [0, 0.1) is 25.7 Å². The zero-order valence-electron chi connectivity index (χ0n) is 43.8. The van der Waals surface area contributed by atoms with E-state index >= 15 is 0 Å². The number of anilines is 4. The molecule has 0 unspecified atom stereocenters. The maximum Gasteiger partial charge on any atom is 0.135 e. The number of benzene rings is 7. The normalized spacial score (nSPS) is 14.8. The fourth-order valence-electron chi connectivity index (χ4n) is 8.22. The molecule has 0 N–H and O–H groups in total. The van der Waals surface area contributed by atoms with Gasteiger partial charge in [-0.25, -0.2) is 4.98 Å². The molecule has 0 bridgehead atoms. The zero-order chi connectivity index (χ0) is 49.6. The molecule has 1 aliphatic rings. The number of ether oxygens (including phenoxy) is 1. The second kappa shape index (κ2) is 16.4. The molecule has 0 amide bonds. The number of fused-ring (bicyclic) bond motifs is 4. The molecule has 0 spiro atoms. The number of hydrogen-bond donors (Lipinski definition) is 0. The van der Waals surface area contributed by atoms with Crippen molar-refractivity contribution in [2.24, 2.45) is 0 Å². The molecule has 0 atom stereocenters. The molecular formula is C57H49N4OPt-3. The molecule has 0 fully saturated rings. The largest absolute Gasteiger partial charge is 0.509 e. The second-order valence-electron chi connectivity index (χ2n) is 17.7. The van der Waals surface area contributed by atoms with Gasteiger partial charge in [-0.05, 0) is 81.2 Å². The Hall–Kier alpha value is -6.42. The Bertz CT molecular complexity index is 3500. The van der Waals surface area contributed by atoms with E-state index in [9.17, 15) is 2.74 Å². The van der Waals surface area contributed by atoms with Crippen molar-refractivity contribution in [1.82, 2.24) is 9.55 Å². The van der Waals surface area contributed by atoms with Crippen molar-refractivity contribution < 1.29 is 36.8 Å². The van der Waals surface area contributed by atoms with Crippen LogP contribution < -0.4 is 14.5 Å². The van der Waals surface area contributed by atoms with Crippen molar-refractivity contribution in [2.75, 3.05) is 9.80 Å². The average molecular weight is 1010 g/mol. The first-order valence-corrected chi connectivity index (χ1v) is 20.7. The van der Waals surface area contributed by atoms with Gasteiger partial charge in [-0.15, -0.1) is 48.1 Å². The summed E-state index contributed by atoms with van der Waals surface area (Å²) in [6.45, 7) is 12.8. The third-order valence-corrected chi connectivity index (χ3v) is 11.4. The number of rotatable bonds is 7. The summed E-state index contributed by atoms with van der Waals surface area (Å²) < 4.78 is 76.8. The fraction of sp³-hybridized carbons (Fsp3) is 0.158. The number of pyridine rings is 1. The van der Waals surface area contributed by atoms with E-state index in [1.807, 2.05) is 118 Å². The molecule has 2 aromatic heterocycles. The second-order valence-corrected chi connectivity index (χ2v) is 17.7. The van der Waals surface area contributed by atoms with Crippen LogP contribution in [-0.4, -0.2) is 9.55 Å². The number of hydrogen-bond acceptors (Lipinski definition) is 4. The summed E-state index contributed by atoms with van der Waals surface area (Å²) in [6, 6.07) is 45.9. The van der Waals surface area contributed by atoms with Crippen molar-refractivity contribution in [3.05, 3.63) is 199 Å². The minimum absolute atomic E-state index is 0. The summed E-state index contributed by atoms with van der Waals surface area (Å²) in [5.41, 5.74) is 8.83. The fourth-order valence-corrected chi connectivity index (χ4v) is 8.22. The maximum absolute atomic E-state index is 9.18. The van der Waals surface area contributed by atoms with Gasteiger partial charge in [-0.1, -0.05) is 144 Å². The molecule has 63 heavy (non-hydrogen) atoms.